The number of benzene rings is 1. The molecule has 0 aliphatic heterocycles. The summed E-state index contributed by atoms with van der Waals surface area (Å²) in [6, 6.07) is 4.18. The summed E-state index contributed by atoms with van der Waals surface area (Å²) < 4.78 is 12.9. The largest absolute Gasteiger partial charge is 0.253 e. The number of aromatic nitrogens is 2. The monoisotopic (exact) mass is 248 g/mol. The summed E-state index contributed by atoms with van der Waals surface area (Å²) in [7, 11) is 0. The van der Waals surface area contributed by atoms with E-state index in [1.165, 1.54) is 12.1 Å². The summed E-state index contributed by atoms with van der Waals surface area (Å²) in [4.78, 5) is 8.43. The van der Waals surface area contributed by atoms with Gasteiger partial charge in [-0.2, -0.15) is 0 Å². The van der Waals surface area contributed by atoms with Crippen LogP contribution in [0.15, 0.2) is 37.2 Å². The average Bonchev–Trinajstić information content (AvgIpc) is 2.29. The molecule has 2 aromatic rings. The van der Waals surface area contributed by atoms with Gasteiger partial charge in [0.15, 0.2) is 0 Å². The van der Waals surface area contributed by atoms with Crippen molar-refractivity contribution >= 4 is 17.2 Å². The lowest BCUT2D eigenvalue weighted by molar-refractivity contribution is 0.628. The number of hydrogen-bond acceptors (Lipinski definition) is 2. The predicted molar refractivity (Wildman–Crippen MR) is 67.1 cm³/mol. The first-order chi connectivity index (χ1) is 8.08. The number of hydrogen-bond donors (Lipinski definition) is 0. The Kier molecular flexibility index (Phi) is 3.20. The minimum Gasteiger partial charge on any atom is -0.253 e. The topological polar surface area (TPSA) is 25.8 Å². The summed E-state index contributed by atoms with van der Waals surface area (Å²) >= 11 is 5.94. The molecule has 2 rings (SSSR count). The molecule has 0 atom stereocenters. The lowest BCUT2D eigenvalue weighted by atomic mass is 10.1. The van der Waals surface area contributed by atoms with Crippen molar-refractivity contribution in [3.05, 3.63) is 53.7 Å². The van der Waals surface area contributed by atoms with Crippen LogP contribution < -0.4 is 0 Å². The SMILES string of the molecule is C=C(C)c1cnc(-c2ccc(F)cc2Cl)cn1. The third-order valence-corrected chi connectivity index (χ3v) is 2.61. The van der Waals surface area contributed by atoms with Crippen molar-refractivity contribution < 1.29 is 4.39 Å². The van der Waals surface area contributed by atoms with E-state index in [1.54, 1.807) is 18.5 Å². The summed E-state index contributed by atoms with van der Waals surface area (Å²) in [5.41, 5.74) is 2.84. The van der Waals surface area contributed by atoms with Crippen LogP contribution in [0.1, 0.15) is 12.6 Å². The fourth-order valence-corrected chi connectivity index (χ4v) is 1.65. The Morgan fingerprint density at radius 1 is 1.29 bits per heavy atom. The van der Waals surface area contributed by atoms with Crippen LogP contribution in [0, 0.1) is 5.82 Å². The van der Waals surface area contributed by atoms with Crippen molar-refractivity contribution in [2.24, 2.45) is 0 Å². The van der Waals surface area contributed by atoms with E-state index >= 15 is 0 Å². The molecule has 1 aromatic carbocycles. The molecule has 1 heterocycles. The van der Waals surface area contributed by atoms with Gasteiger partial charge in [-0.1, -0.05) is 18.2 Å². The zero-order valence-corrected chi connectivity index (χ0v) is 10.0. The lowest BCUT2D eigenvalue weighted by Crippen LogP contribution is -1.91. The van der Waals surface area contributed by atoms with Gasteiger partial charge in [-0.05, 0) is 30.7 Å². The Balaban J connectivity index is 2.43. The molecule has 0 radical (unpaired) electrons. The molecule has 86 valence electrons. The van der Waals surface area contributed by atoms with Crippen molar-refractivity contribution in [3.8, 4) is 11.3 Å². The highest BCUT2D eigenvalue weighted by molar-refractivity contribution is 6.33. The highest BCUT2D eigenvalue weighted by Gasteiger charge is 2.06. The molecular weight excluding hydrogens is 239 g/mol. The van der Waals surface area contributed by atoms with E-state index in [0.29, 0.717) is 16.3 Å². The summed E-state index contributed by atoms with van der Waals surface area (Å²) in [5.74, 6) is -0.370. The average molecular weight is 249 g/mol. The van der Waals surface area contributed by atoms with Gasteiger partial charge in [0.1, 0.15) is 5.82 Å². The van der Waals surface area contributed by atoms with Crippen molar-refractivity contribution in [1.29, 1.82) is 0 Å². The molecule has 0 aliphatic carbocycles. The van der Waals surface area contributed by atoms with Crippen LogP contribution in [-0.4, -0.2) is 9.97 Å². The van der Waals surface area contributed by atoms with Crippen molar-refractivity contribution in [2.45, 2.75) is 6.92 Å². The molecule has 0 saturated carbocycles. The molecule has 0 unspecified atom stereocenters. The van der Waals surface area contributed by atoms with Crippen molar-refractivity contribution in [3.63, 3.8) is 0 Å². The molecule has 0 aliphatic rings. The van der Waals surface area contributed by atoms with Gasteiger partial charge in [0.25, 0.3) is 0 Å². The molecule has 1 aromatic heterocycles. The van der Waals surface area contributed by atoms with Gasteiger partial charge < -0.3 is 0 Å². The molecule has 0 fully saturated rings. The van der Waals surface area contributed by atoms with Crippen LogP contribution in [0.2, 0.25) is 5.02 Å². The predicted octanol–water partition coefficient (Wildman–Crippen LogP) is 3.97. The van der Waals surface area contributed by atoms with E-state index in [4.69, 9.17) is 11.6 Å². The van der Waals surface area contributed by atoms with E-state index in [-0.39, 0.29) is 5.82 Å². The molecule has 4 heteroatoms. The third kappa shape index (κ3) is 2.50. The second-order valence-electron chi connectivity index (χ2n) is 3.69. The van der Waals surface area contributed by atoms with Crippen LogP contribution in [-0.2, 0) is 0 Å². The fraction of sp³-hybridized carbons (Fsp3) is 0.0769. The van der Waals surface area contributed by atoms with Crippen LogP contribution in [0.4, 0.5) is 4.39 Å². The zero-order valence-electron chi connectivity index (χ0n) is 9.24. The van der Waals surface area contributed by atoms with E-state index in [1.807, 2.05) is 6.92 Å². The third-order valence-electron chi connectivity index (χ3n) is 2.30. The standard InChI is InChI=1S/C13H10ClFN2/c1-8(2)12-6-17-13(7-16-12)10-4-3-9(15)5-11(10)14/h3-7H,1H2,2H3. The Labute approximate surface area is 104 Å². The maximum absolute atomic E-state index is 12.9. The van der Waals surface area contributed by atoms with Crippen molar-refractivity contribution in [2.75, 3.05) is 0 Å². The first kappa shape index (κ1) is 11.7. The molecule has 0 N–H and O–H groups in total. The smallest absolute Gasteiger partial charge is 0.124 e. The Bertz CT molecular complexity index is 564. The van der Waals surface area contributed by atoms with Gasteiger partial charge in [-0.3, -0.25) is 9.97 Å². The van der Waals surface area contributed by atoms with Crippen LogP contribution in [0.25, 0.3) is 16.8 Å². The second-order valence-corrected chi connectivity index (χ2v) is 4.10. The minimum atomic E-state index is -0.370. The Morgan fingerprint density at radius 3 is 2.59 bits per heavy atom. The van der Waals surface area contributed by atoms with Gasteiger partial charge in [0.05, 0.1) is 28.8 Å². The van der Waals surface area contributed by atoms with E-state index in [0.717, 1.165) is 11.3 Å². The molecule has 17 heavy (non-hydrogen) atoms. The van der Waals surface area contributed by atoms with Gasteiger partial charge in [-0.25, -0.2) is 4.39 Å². The molecule has 0 amide bonds. The number of rotatable bonds is 2. The van der Waals surface area contributed by atoms with E-state index in [2.05, 4.69) is 16.5 Å². The van der Waals surface area contributed by atoms with Crippen LogP contribution >= 0.6 is 11.6 Å². The first-order valence-corrected chi connectivity index (χ1v) is 5.39. The molecular formula is C13H10ClFN2. The fourth-order valence-electron chi connectivity index (χ4n) is 1.38. The van der Waals surface area contributed by atoms with Crippen LogP contribution in [0.3, 0.4) is 0 Å². The lowest BCUT2D eigenvalue weighted by Gasteiger charge is -2.04. The quantitative estimate of drug-likeness (QED) is 0.804. The number of halogens is 2. The maximum atomic E-state index is 12.9. The summed E-state index contributed by atoms with van der Waals surface area (Å²) in [6.45, 7) is 5.63. The Morgan fingerprint density at radius 2 is 2.06 bits per heavy atom. The first-order valence-electron chi connectivity index (χ1n) is 5.01. The normalized spacial score (nSPS) is 10.3. The number of allylic oxidation sites excluding steroid dienone is 1. The maximum Gasteiger partial charge on any atom is 0.124 e. The molecule has 0 bridgehead atoms. The van der Waals surface area contributed by atoms with Crippen molar-refractivity contribution in [1.82, 2.24) is 9.97 Å². The van der Waals surface area contributed by atoms with Gasteiger partial charge in [0, 0.05) is 5.56 Å². The van der Waals surface area contributed by atoms with Crippen LogP contribution in [0.5, 0.6) is 0 Å². The molecule has 0 saturated heterocycles. The number of nitrogens with zero attached hydrogens (tertiary/aromatic N) is 2. The summed E-state index contributed by atoms with van der Waals surface area (Å²) in [6.07, 6.45) is 3.22. The summed E-state index contributed by atoms with van der Waals surface area (Å²) in [5, 5.41) is 0.322. The second kappa shape index (κ2) is 4.63. The minimum absolute atomic E-state index is 0.322. The molecule has 2 nitrogen and oxygen atoms in total. The molecule has 0 spiro atoms. The van der Waals surface area contributed by atoms with E-state index < -0.39 is 0 Å². The van der Waals surface area contributed by atoms with E-state index in [9.17, 15) is 4.39 Å². The van der Waals surface area contributed by atoms with Gasteiger partial charge in [-0.15, -0.1) is 0 Å². The van der Waals surface area contributed by atoms with Gasteiger partial charge >= 0.3 is 0 Å². The highest BCUT2D eigenvalue weighted by Crippen LogP contribution is 2.26. The Hall–Kier alpha value is -1.74. The zero-order chi connectivity index (χ0) is 12.4. The highest BCUT2D eigenvalue weighted by atomic mass is 35.5. The van der Waals surface area contributed by atoms with Gasteiger partial charge in [0.2, 0.25) is 0 Å².